The highest BCUT2D eigenvalue weighted by molar-refractivity contribution is 5.81. The third kappa shape index (κ3) is 3.20. The maximum Gasteiger partial charge on any atom is 0.237 e. The fourth-order valence-corrected chi connectivity index (χ4v) is 2.23. The van der Waals surface area contributed by atoms with Crippen LogP contribution in [0.15, 0.2) is 0 Å². The lowest BCUT2D eigenvalue weighted by atomic mass is 9.73. The number of hydrogen-bond acceptors (Lipinski definition) is 2. The molecule has 0 bridgehead atoms. The highest BCUT2D eigenvalue weighted by Crippen LogP contribution is 2.35. The van der Waals surface area contributed by atoms with Crippen LogP contribution in [0.3, 0.4) is 0 Å². The van der Waals surface area contributed by atoms with Crippen LogP contribution in [0.1, 0.15) is 52.9 Å². The fraction of sp³-hybridized carbons (Fsp3) is 0.917. The normalized spacial score (nSPS) is 27.1. The average molecular weight is 212 g/mol. The molecule has 1 unspecified atom stereocenters. The molecule has 1 fully saturated rings. The Labute approximate surface area is 92.8 Å². The number of amides is 1. The third-order valence-electron chi connectivity index (χ3n) is 3.60. The Balaban J connectivity index is 2.52. The van der Waals surface area contributed by atoms with Gasteiger partial charge in [-0.2, -0.15) is 0 Å². The zero-order valence-electron chi connectivity index (χ0n) is 10.2. The third-order valence-corrected chi connectivity index (χ3v) is 3.60. The molecule has 88 valence electrons. The van der Waals surface area contributed by atoms with E-state index >= 15 is 0 Å². The van der Waals surface area contributed by atoms with Gasteiger partial charge in [0.05, 0.1) is 6.04 Å². The van der Waals surface area contributed by atoms with Gasteiger partial charge in [-0.1, -0.05) is 33.6 Å². The highest BCUT2D eigenvalue weighted by Gasteiger charge is 2.33. The Morgan fingerprint density at radius 1 is 1.53 bits per heavy atom. The van der Waals surface area contributed by atoms with Crippen LogP contribution < -0.4 is 11.1 Å². The average Bonchev–Trinajstić information content (AvgIpc) is 2.19. The summed E-state index contributed by atoms with van der Waals surface area (Å²) in [7, 11) is 0. The van der Waals surface area contributed by atoms with Crippen LogP contribution in [-0.4, -0.2) is 18.0 Å². The summed E-state index contributed by atoms with van der Waals surface area (Å²) in [6, 6.07) is -0.0425. The SMILES string of the molecule is CC[C@@H](N)C(=O)NC1CCCCC1(C)C. The minimum atomic E-state index is -0.345. The minimum absolute atomic E-state index is 0.0116. The largest absolute Gasteiger partial charge is 0.351 e. The van der Waals surface area contributed by atoms with Crippen LogP contribution in [0.2, 0.25) is 0 Å². The molecule has 0 heterocycles. The summed E-state index contributed by atoms with van der Waals surface area (Å²) in [5, 5.41) is 3.10. The van der Waals surface area contributed by atoms with E-state index in [2.05, 4.69) is 19.2 Å². The van der Waals surface area contributed by atoms with E-state index in [0.29, 0.717) is 12.5 Å². The topological polar surface area (TPSA) is 55.1 Å². The molecule has 1 aliphatic carbocycles. The second kappa shape index (κ2) is 4.97. The van der Waals surface area contributed by atoms with Gasteiger partial charge in [-0.3, -0.25) is 4.79 Å². The van der Waals surface area contributed by atoms with Gasteiger partial charge in [0.25, 0.3) is 0 Å². The molecule has 1 amide bonds. The van der Waals surface area contributed by atoms with Crippen molar-refractivity contribution in [2.75, 3.05) is 0 Å². The van der Waals surface area contributed by atoms with E-state index in [4.69, 9.17) is 5.73 Å². The van der Waals surface area contributed by atoms with Crippen molar-refractivity contribution >= 4 is 5.91 Å². The summed E-state index contributed by atoms with van der Waals surface area (Å²) >= 11 is 0. The molecule has 1 aliphatic rings. The molecule has 0 aromatic heterocycles. The Bertz CT molecular complexity index is 226. The van der Waals surface area contributed by atoms with E-state index in [1.165, 1.54) is 19.3 Å². The predicted molar refractivity (Wildman–Crippen MR) is 62.4 cm³/mol. The second-order valence-electron chi connectivity index (χ2n) is 5.31. The Kier molecular flexibility index (Phi) is 4.14. The molecule has 0 radical (unpaired) electrons. The van der Waals surface area contributed by atoms with Crippen molar-refractivity contribution in [2.24, 2.45) is 11.1 Å². The van der Waals surface area contributed by atoms with Gasteiger partial charge < -0.3 is 11.1 Å². The molecular weight excluding hydrogens is 188 g/mol. The summed E-state index contributed by atoms with van der Waals surface area (Å²) in [5.41, 5.74) is 5.93. The molecule has 1 rings (SSSR count). The first-order chi connectivity index (χ1) is 6.97. The van der Waals surface area contributed by atoms with Crippen molar-refractivity contribution in [2.45, 2.75) is 65.0 Å². The summed E-state index contributed by atoms with van der Waals surface area (Å²) in [6.07, 6.45) is 5.49. The maximum absolute atomic E-state index is 11.7. The zero-order chi connectivity index (χ0) is 11.5. The summed E-state index contributed by atoms with van der Waals surface area (Å²) < 4.78 is 0. The van der Waals surface area contributed by atoms with Crippen molar-refractivity contribution in [1.29, 1.82) is 0 Å². The number of rotatable bonds is 3. The van der Waals surface area contributed by atoms with E-state index in [-0.39, 0.29) is 17.4 Å². The van der Waals surface area contributed by atoms with Crippen LogP contribution >= 0.6 is 0 Å². The summed E-state index contributed by atoms with van der Waals surface area (Å²) in [6.45, 7) is 6.40. The predicted octanol–water partition coefficient (Wildman–Crippen LogP) is 1.81. The lowest BCUT2D eigenvalue weighted by Gasteiger charge is -2.39. The first-order valence-corrected chi connectivity index (χ1v) is 6.03. The van der Waals surface area contributed by atoms with Gasteiger partial charge in [-0.25, -0.2) is 0 Å². The number of nitrogens with two attached hydrogens (primary N) is 1. The van der Waals surface area contributed by atoms with Crippen LogP contribution in [0.25, 0.3) is 0 Å². The molecular formula is C12H24N2O. The number of nitrogens with one attached hydrogen (secondary N) is 1. The number of carbonyl (C=O) groups excluding carboxylic acids is 1. The first kappa shape index (κ1) is 12.5. The Morgan fingerprint density at radius 2 is 2.20 bits per heavy atom. The van der Waals surface area contributed by atoms with Crippen molar-refractivity contribution in [3.05, 3.63) is 0 Å². The second-order valence-corrected chi connectivity index (χ2v) is 5.31. The highest BCUT2D eigenvalue weighted by atomic mass is 16.2. The van der Waals surface area contributed by atoms with Crippen LogP contribution in [-0.2, 0) is 4.79 Å². The van der Waals surface area contributed by atoms with Crippen molar-refractivity contribution in [1.82, 2.24) is 5.32 Å². The van der Waals surface area contributed by atoms with E-state index in [1.54, 1.807) is 0 Å². The lowest BCUT2D eigenvalue weighted by molar-refractivity contribution is -0.124. The Hall–Kier alpha value is -0.570. The fourth-order valence-electron chi connectivity index (χ4n) is 2.23. The first-order valence-electron chi connectivity index (χ1n) is 6.03. The van der Waals surface area contributed by atoms with Gasteiger partial charge in [0.1, 0.15) is 0 Å². The maximum atomic E-state index is 11.7. The molecule has 2 atom stereocenters. The summed E-state index contributed by atoms with van der Waals surface area (Å²) in [4.78, 5) is 11.7. The van der Waals surface area contributed by atoms with Gasteiger partial charge in [0.15, 0.2) is 0 Å². The smallest absolute Gasteiger partial charge is 0.237 e. The van der Waals surface area contributed by atoms with Gasteiger partial charge in [-0.15, -0.1) is 0 Å². The molecule has 0 aromatic carbocycles. The summed E-state index contributed by atoms with van der Waals surface area (Å²) in [5.74, 6) is 0.0116. The lowest BCUT2D eigenvalue weighted by Crippen LogP contribution is -2.51. The number of carbonyl (C=O) groups is 1. The van der Waals surface area contributed by atoms with E-state index in [9.17, 15) is 4.79 Å². The van der Waals surface area contributed by atoms with Crippen molar-refractivity contribution in [3.63, 3.8) is 0 Å². The molecule has 0 saturated heterocycles. The molecule has 3 nitrogen and oxygen atoms in total. The molecule has 0 aliphatic heterocycles. The van der Waals surface area contributed by atoms with Crippen molar-refractivity contribution < 1.29 is 4.79 Å². The molecule has 1 saturated carbocycles. The Morgan fingerprint density at radius 3 is 2.73 bits per heavy atom. The van der Waals surface area contributed by atoms with E-state index in [1.807, 2.05) is 6.92 Å². The van der Waals surface area contributed by atoms with Crippen molar-refractivity contribution in [3.8, 4) is 0 Å². The number of hydrogen-bond donors (Lipinski definition) is 2. The van der Waals surface area contributed by atoms with E-state index in [0.717, 1.165) is 6.42 Å². The van der Waals surface area contributed by atoms with Crippen LogP contribution in [0, 0.1) is 5.41 Å². The molecule has 0 spiro atoms. The minimum Gasteiger partial charge on any atom is -0.351 e. The van der Waals surface area contributed by atoms with Crippen LogP contribution in [0.5, 0.6) is 0 Å². The van der Waals surface area contributed by atoms with Gasteiger partial charge in [0.2, 0.25) is 5.91 Å². The molecule has 15 heavy (non-hydrogen) atoms. The van der Waals surface area contributed by atoms with Gasteiger partial charge in [0, 0.05) is 6.04 Å². The van der Waals surface area contributed by atoms with Gasteiger partial charge in [-0.05, 0) is 24.7 Å². The van der Waals surface area contributed by atoms with E-state index < -0.39 is 0 Å². The van der Waals surface area contributed by atoms with Gasteiger partial charge >= 0.3 is 0 Å². The molecule has 3 heteroatoms. The quantitative estimate of drug-likeness (QED) is 0.749. The monoisotopic (exact) mass is 212 g/mol. The standard InChI is InChI=1S/C12H24N2O/c1-4-9(13)11(15)14-10-7-5-6-8-12(10,2)3/h9-10H,4-8,13H2,1-3H3,(H,14,15)/t9-,10?/m1/s1. The molecule has 3 N–H and O–H groups in total. The van der Waals surface area contributed by atoms with Crippen LogP contribution in [0.4, 0.5) is 0 Å². The molecule has 0 aromatic rings. The zero-order valence-corrected chi connectivity index (χ0v) is 10.2.